The van der Waals surface area contributed by atoms with Crippen molar-refractivity contribution in [2.24, 2.45) is 5.73 Å². The molecular weight excluding hydrogens is 346 g/mol. The number of primary amides is 1. The zero-order chi connectivity index (χ0) is 16.9. The number of nitrogens with two attached hydrogens (primary N) is 1. The fourth-order valence-corrected chi connectivity index (χ4v) is 2.57. The van der Waals surface area contributed by atoms with Crippen molar-refractivity contribution in [1.82, 2.24) is 20.4 Å². The van der Waals surface area contributed by atoms with Gasteiger partial charge in [0.25, 0.3) is 0 Å². The first-order valence-electron chi connectivity index (χ1n) is 7.89. The first-order valence-corrected chi connectivity index (χ1v) is 7.89. The number of hydrogen-bond acceptors (Lipinski definition) is 7. The Hall–Kier alpha value is -2.16. The molecule has 2 heterocycles. The molecule has 8 nitrogen and oxygen atoms in total. The second-order valence-corrected chi connectivity index (χ2v) is 5.73. The molecule has 1 aliphatic rings. The van der Waals surface area contributed by atoms with Crippen LogP contribution in [0.1, 0.15) is 28.1 Å². The number of carbonyl (C=O) groups is 1. The number of nitrogens with zero attached hydrogens (tertiary/aromatic N) is 3. The van der Waals surface area contributed by atoms with Crippen molar-refractivity contribution < 1.29 is 14.1 Å². The number of carbonyl (C=O) groups excluding carboxylic acids is 1. The molecule has 0 aliphatic carbocycles. The number of rotatable bonds is 6. The van der Waals surface area contributed by atoms with E-state index in [4.69, 9.17) is 15.0 Å². The van der Waals surface area contributed by atoms with Crippen LogP contribution in [0.25, 0.3) is 0 Å². The van der Waals surface area contributed by atoms with Gasteiger partial charge >= 0.3 is 0 Å². The minimum Gasteiger partial charge on any atom is -0.493 e. The maximum atomic E-state index is 11.0. The zero-order valence-electron chi connectivity index (χ0n) is 14.0. The van der Waals surface area contributed by atoms with Gasteiger partial charge in [0.05, 0.1) is 19.1 Å². The number of piperazine rings is 1. The molecule has 0 saturated carbocycles. The average molecular weight is 368 g/mol. The van der Waals surface area contributed by atoms with Gasteiger partial charge in [-0.3, -0.25) is 9.69 Å². The summed E-state index contributed by atoms with van der Waals surface area (Å²) in [7, 11) is 2.06. The molecule has 1 atom stereocenters. The highest BCUT2D eigenvalue weighted by molar-refractivity contribution is 5.92. The minimum absolute atomic E-state index is 0. The first kappa shape index (κ1) is 19.2. The van der Waals surface area contributed by atoms with Gasteiger partial charge in [-0.05, 0) is 31.3 Å². The summed E-state index contributed by atoms with van der Waals surface area (Å²) in [5.41, 5.74) is 5.65. The number of benzene rings is 1. The van der Waals surface area contributed by atoms with Gasteiger partial charge in [-0.1, -0.05) is 5.16 Å². The minimum atomic E-state index is -0.456. The third kappa shape index (κ3) is 4.91. The van der Waals surface area contributed by atoms with Gasteiger partial charge in [0.2, 0.25) is 11.8 Å². The summed E-state index contributed by atoms with van der Waals surface area (Å²) in [6.45, 7) is 3.16. The van der Waals surface area contributed by atoms with E-state index in [0.717, 1.165) is 19.6 Å². The van der Waals surface area contributed by atoms with Gasteiger partial charge < -0.3 is 20.3 Å². The lowest BCUT2D eigenvalue weighted by atomic mass is 10.2. The second-order valence-electron chi connectivity index (χ2n) is 5.73. The molecule has 1 aliphatic heterocycles. The summed E-state index contributed by atoms with van der Waals surface area (Å²) < 4.78 is 10.9. The van der Waals surface area contributed by atoms with E-state index >= 15 is 0 Å². The zero-order valence-corrected chi connectivity index (χ0v) is 14.8. The molecule has 1 unspecified atom stereocenters. The molecule has 136 valence electrons. The molecule has 0 radical (unpaired) electrons. The van der Waals surface area contributed by atoms with Crippen LogP contribution in [0, 0.1) is 0 Å². The van der Waals surface area contributed by atoms with E-state index in [2.05, 4.69) is 27.4 Å². The highest BCUT2D eigenvalue weighted by Crippen LogP contribution is 2.18. The second kappa shape index (κ2) is 8.80. The van der Waals surface area contributed by atoms with E-state index in [1.54, 1.807) is 24.3 Å². The van der Waals surface area contributed by atoms with Crippen LogP contribution in [0.4, 0.5) is 0 Å². The highest BCUT2D eigenvalue weighted by atomic mass is 35.5. The van der Waals surface area contributed by atoms with Crippen LogP contribution < -0.4 is 15.8 Å². The maximum absolute atomic E-state index is 11.0. The molecule has 1 saturated heterocycles. The highest BCUT2D eigenvalue weighted by Gasteiger charge is 2.25. The summed E-state index contributed by atoms with van der Waals surface area (Å²) in [6, 6.07) is 6.82. The van der Waals surface area contributed by atoms with Crippen LogP contribution in [0.15, 0.2) is 28.8 Å². The lowest BCUT2D eigenvalue weighted by Crippen LogP contribution is -2.44. The number of ether oxygens (including phenoxy) is 1. The summed E-state index contributed by atoms with van der Waals surface area (Å²) in [6.07, 6.45) is 0.522. The normalized spacial score (nSPS) is 17.7. The molecule has 25 heavy (non-hydrogen) atoms. The van der Waals surface area contributed by atoms with Gasteiger partial charge in [0.1, 0.15) is 5.75 Å². The molecule has 1 aromatic carbocycles. The monoisotopic (exact) mass is 367 g/mol. The Kier molecular flexibility index (Phi) is 6.74. The van der Waals surface area contributed by atoms with Crippen molar-refractivity contribution in [3.8, 4) is 5.75 Å². The molecule has 2 aromatic rings. The number of nitrogens with one attached hydrogen (secondary N) is 1. The predicted molar refractivity (Wildman–Crippen MR) is 93.9 cm³/mol. The van der Waals surface area contributed by atoms with Gasteiger partial charge in [0, 0.05) is 25.2 Å². The van der Waals surface area contributed by atoms with Crippen molar-refractivity contribution in [2.75, 3.05) is 33.3 Å². The van der Waals surface area contributed by atoms with E-state index in [-0.39, 0.29) is 18.4 Å². The lowest BCUT2D eigenvalue weighted by Gasteiger charge is -2.30. The van der Waals surface area contributed by atoms with E-state index in [0.29, 0.717) is 36.1 Å². The fourth-order valence-electron chi connectivity index (χ4n) is 2.57. The Morgan fingerprint density at radius 1 is 1.44 bits per heavy atom. The van der Waals surface area contributed by atoms with Gasteiger partial charge in [-0.15, -0.1) is 12.4 Å². The molecular formula is C16H22ClN5O3. The van der Waals surface area contributed by atoms with Crippen LogP contribution in [0.5, 0.6) is 5.75 Å². The van der Waals surface area contributed by atoms with Crippen LogP contribution in [-0.4, -0.2) is 54.2 Å². The maximum Gasteiger partial charge on any atom is 0.248 e. The Labute approximate surface area is 152 Å². The van der Waals surface area contributed by atoms with Gasteiger partial charge in [-0.25, -0.2) is 0 Å². The smallest absolute Gasteiger partial charge is 0.248 e. The topological polar surface area (TPSA) is 107 Å². The standard InChI is InChI=1S/C16H21N5O3.ClH/c1-21-8-7-18-10-13(21)16-19-14(24-20-16)6-9-23-12-4-2-11(3-5-12)15(17)22;/h2-5,13,18H,6-10H2,1H3,(H2,17,22);1H. The lowest BCUT2D eigenvalue weighted by molar-refractivity contribution is 0.100. The van der Waals surface area contributed by atoms with Crippen molar-refractivity contribution >= 4 is 18.3 Å². The van der Waals surface area contributed by atoms with Crippen LogP contribution in [-0.2, 0) is 6.42 Å². The summed E-state index contributed by atoms with van der Waals surface area (Å²) in [5.74, 6) is 1.46. The third-order valence-electron chi connectivity index (χ3n) is 4.02. The quantitative estimate of drug-likeness (QED) is 0.777. The van der Waals surface area contributed by atoms with E-state index < -0.39 is 5.91 Å². The predicted octanol–water partition coefficient (Wildman–Crippen LogP) is 0.788. The summed E-state index contributed by atoms with van der Waals surface area (Å²) in [4.78, 5) is 17.7. The Balaban J connectivity index is 0.00000225. The Bertz CT molecular complexity index is 691. The number of halogens is 1. The van der Waals surface area contributed by atoms with Crippen LogP contribution in [0.2, 0.25) is 0 Å². The Morgan fingerprint density at radius 2 is 2.20 bits per heavy atom. The van der Waals surface area contributed by atoms with Crippen LogP contribution >= 0.6 is 12.4 Å². The molecule has 1 amide bonds. The summed E-state index contributed by atoms with van der Waals surface area (Å²) >= 11 is 0. The first-order chi connectivity index (χ1) is 11.6. The van der Waals surface area contributed by atoms with E-state index in [1.165, 1.54) is 0 Å². The van der Waals surface area contributed by atoms with Crippen molar-refractivity contribution in [3.63, 3.8) is 0 Å². The van der Waals surface area contributed by atoms with Gasteiger partial charge in [0.15, 0.2) is 5.82 Å². The van der Waals surface area contributed by atoms with Crippen molar-refractivity contribution in [2.45, 2.75) is 12.5 Å². The molecule has 0 bridgehead atoms. The number of likely N-dealkylation sites (N-methyl/N-ethyl adjacent to an activating group) is 1. The third-order valence-corrected chi connectivity index (χ3v) is 4.02. The number of hydrogen-bond donors (Lipinski definition) is 2. The van der Waals surface area contributed by atoms with Crippen LogP contribution in [0.3, 0.4) is 0 Å². The number of amides is 1. The average Bonchev–Trinajstić information content (AvgIpc) is 3.04. The Morgan fingerprint density at radius 3 is 2.88 bits per heavy atom. The summed E-state index contributed by atoms with van der Waals surface area (Å²) in [5, 5.41) is 7.40. The van der Waals surface area contributed by atoms with E-state index in [1.807, 2.05) is 0 Å². The molecule has 1 aromatic heterocycles. The van der Waals surface area contributed by atoms with Crippen molar-refractivity contribution in [3.05, 3.63) is 41.5 Å². The van der Waals surface area contributed by atoms with E-state index in [9.17, 15) is 4.79 Å². The van der Waals surface area contributed by atoms with Crippen molar-refractivity contribution in [1.29, 1.82) is 0 Å². The molecule has 1 fully saturated rings. The van der Waals surface area contributed by atoms with Gasteiger partial charge in [-0.2, -0.15) is 4.98 Å². The SMILES string of the molecule is CN1CCNCC1c1noc(CCOc2ccc(C(N)=O)cc2)n1.Cl. The molecule has 9 heteroatoms. The molecule has 3 rings (SSSR count). The molecule has 0 spiro atoms. The number of aromatic nitrogens is 2. The fraction of sp³-hybridized carbons (Fsp3) is 0.438. The largest absolute Gasteiger partial charge is 0.493 e. The molecule has 3 N–H and O–H groups in total.